The average molecular weight is 386 g/mol. The van der Waals surface area contributed by atoms with E-state index in [1.807, 2.05) is 12.1 Å². The van der Waals surface area contributed by atoms with Crippen LogP contribution in [-0.4, -0.2) is 61.2 Å². The van der Waals surface area contributed by atoms with Crippen molar-refractivity contribution in [2.45, 2.75) is 18.9 Å². The second-order valence-electron chi connectivity index (χ2n) is 7.27. The molecule has 2 fully saturated rings. The van der Waals surface area contributed by atoms with Crippen LogP contribution in [0.25, 0.3) is 0 Å². The first kappa shape index (κ1) is 18.6. The molecule has 0 aromatic heterocycles. The molecule has 0 bridgehead atoms. The van der Waals surface area contributed by atoms with Gasteiger partial charge >= 0.3 is 0 Å². The maximum atomic E-state index is 12.8. The number of hydrogen-bond acceptors (Lipinski definition) is 3. The molecular weight excluding hydrogens is 358 g/mol. The monoisotopic (exact) mass is 385 g/mol. The first-order valence-corrected chi connectivity index (χ1v) is 11.1. The van der Waals surface area contributed by atoms with E-state index in [1.165, 1.54) is 11.1 Å². The first-order chi connectivity index (χ1) is 13.2. The third-order valence-electron chi connectivity index (χ3n) is 5.59. The summed E-state index contributed by atoms with van der Waals surface area (Å²) in [6.45, 7) is 3.91. The minimum Gasteiger partial charge on any atom is -0.290 e. The molecule has 0 N–H and O–H groups in total. The molecule has 144 valence electrons. The maximum Gasteiger partial charge on any atom is 0.282 e. The summed E-state index contributed by atoms with van der Waals surface area (Å²) in [4.78, 5) is 2.40. The topological polar surface area (TPSA) is 43.9 Å². The van der Waals surface area contributed by atoms with Crippen LogP contribution in [0.1, 0.15) is 30.0 Å². The predicted molar refractivity (Wildman–Crippen MR) is 108 cm³/mol. The van der Waals surface area contributed by atoms with Crippen molar-refractivity contribution in [2.75, 3.05) is 39.3 Å². The lowest BCUT2D eigenvalue weighted by Crippen LogP contribution is -2.53. The molecule has 5 nitrogen and oxygen atoms in total. The van der Waals surface area contributed by atoms with Gasteiger partial charge in [-0.3, -0.25) is 4.90 Å². The van der Waals surface area contributed by atoms with Crippen LogP contribution in [0.3, 0.4) is 0 Å². The van der Waals surface area contributed by atoms with Gasteiger partial charge in [0, 0.05) is 39.3 Å². The molecule has 0 spiro atoms. The van der Waals surface area contributed by atoms with Crippen molar-refractivity contribution in [1.82, 2.24) is 13.5 Å². The smallest absolute Gasteiger partial charge is 0.282 e. The Balaban J connectivity index is 1.52. The quantitative estimate of drug-likeness (QED) is 0.795. The predicted octanol–water partition coefficient (Wildman–Crippen LogP) is 2.73. The second-order valence-corrected chi connectivity index (χ2v) is 9.20. The van der Waals surface area contributed by atoms with Gasteiger partial charge in [-0.2, -0.15) is 17.0 Å². The molecule has 2 aromatic rings. The molecule has 2 aromatic carbocycles. The van der Waals surface area contributed by atoms with E-state index in [2.05, 4.69) is 53.4 Å². The second kappa shape index (κ2) is 8.10. The average Bonchev–Trinajstić information content (AvgIpc) is 3.26. The highest BCUT2D eigenvalue weighted by molar-refractivity contribution is 7.86. The summed E-state index contributed by atoms with van der Waals surface area (Å²) in [5, 5.41) is 0. The number of rotatable bonds is 5. The summed E-state index contributed by atoms with van der Waals surface area (Å²) in [5.74, 6) is 0. The minimum atomic E-state index is -3.30. The molecule has 6 heteroatoms. The van der Waals surface area contributed by atoms with E-state index in [9.17, 15) is 8.42 Å². The van der Waals surface area contributed by atoms with Gasteiger partial charge in [-0.15, -0.1) is 0 Å². The highest BCUT2D eigenvalue weighted by atomic mass is 32.2. The minimum absolute atomic E-state index is 0.157. The highest BCUT2D eigenvalue weighted by Gasteiger charge is 2.35. The largest absolute Gasteiger partial charge is 0.290 e. The Kier molecular flexibility index (Phi) is 5.59. The van der Waals surface area contributed by atoms with Gasteiger partial charge in [0.25, 0.3) is 10.2 Å². The third kappa shape index (κ3) is 3.94. The molecule has 0 atom stereocenters. The van der Waals surface area contributed by atoms with Crippen LogP contribution in [0.15, 0.2) is 60.7 Å². The Morgan fingerprint density at radius 1 is 0.630 bits per heavy atom. The van der Waals surface area contributed by atoms with E-state index in [-0.39, 0.29) is 6.04 Å². The lowest BCUT2D eigenvalue weighted by molar-refractivity contribution is 0.151. The van der Waals surface area contributed by atoms with Crippen LogP contribution in [0.4, 0.5) is 0 Å². The first-order valence-electron chi connectivity index (χ1n) is 9.75. The Labute approximate surface area is 162 Å². The SMILES string of the molecule is O=S(=O)(N1CCCC1)N1CCN(C(c2ccccc2)c2ccccc2)CC1. The van der Waals surface area contributed by atoms with Crippen LogP contribution < -0.4 is 0 Å². The van der Waals surface area contributed by atoms with E-state index in [1.54, 1.807) is 8.61 Å². The molecule has 27 heavy (non-hydrogen) atoms. The van der Waals surface area contributed by atoms with E-state index in [0.717, 1.165) is 25.9 Å². The summed E-state index contributed by atoms with van der Waals surface area (Å²) in [6.07, 6.45) is 1.95. The van der Waals surface area contributed by atoms with E-state index < -0.39 is 10.2 Å². The van der Waals surface area contributed by atoms with Crippen LogP contribution in [0.5, 0.6) is 0 Å². The highest BCUT2D eigenvalue weighted by Crippen LogP contribution is 2.30. The summed E-state index contributed by atoms with van der Waals surface area (Å²) in [5.41, 5.74) is 2.50. The van der Waals surface area contributed by atoms with Gasteiger partial charge in [-0.05, 0) is 24.0 Å². The van der Waals surface area contributed by atoms with E-state index >= 15 is 0 Å². The molecule has 0 aliphatic carbocycles. The van der Waals surface area contributed by atoms with Gasteiger partial charge in [0.1, 0.15) is 0 Å². The third-order valence-corrected chi connectivity index (χ3v) is 7.62. The molecule has 2 aliphatic rings. The standard InChI is InChI=1S/C21H27N3O2S/c25-27(26,23-13-7-8-14-23)24-17-15-22(16-18-24)21(19-9-3-1-4-10-19)20-11-5-2-6-12-20/h1-6,9-12,21H,7-8,13-18H2. The lowest BCUT2D eigenvalue weighted by atomic mass is 9.96. The van der Waals surface area contributed by atoms with Gasteiger partial charge in [-0.25, -0.2) is 0 Å². The van der Waals surface area contributed by atoms with Crippen LogP contribution in [0.2, 0.25) is 0 Å². The zero-order valence-corrected chi connectivity index (χ0v) is 16.4. The van der Waals surface area contributed by atoms with Crippen LogP contribution >= 0.6 is 0 Å². The molecule has 0 amide bonds. The Bertz CT molecular complexity index is 789. The fourth-order valence-electron chi connectivity index (χ4n) is 4.16. The van der Waals surface area contributed by atoms with Crippen molar-refractivity contribution in [2.24, 2.45) is 0 Å². The summed E-state index contributed by atoms with van der Waals surface area (Å²) >= 11 is 0. The summed E-state index contributed by atoms with van der Waals surface area (Å²) in [6, 6.07) is 21.1. The van der Waals surface area contributed by atoms with Crippen molar-refractivity contribution < 1.29 is 8.42 Å². The molecule has 2 saturated heterocycles. The zero-order chi connectivity index (χ0) is 18.7. The fraction of sp³-hybridized carbons (Fsp3) is 0.429. The van der Waals surface area contributed by atoms with Crippen molar-refractivity contribution >= 4 is 10.2 Å². The molecule has 2 heterocycles. The van der Waals surface area contributed by atoms with Crippen LogP contribution in [0, 0.1) is 0 Å². The molecule has 0 radical (unpaired) electrons. The van der Waals surface area contributed by atoms with Crippen LogP contribution in [-0.2, 0) is 10.2 Å². The Morgan fingerprint density at radius 2 is 1.07 bits per heavy atom. The molecular formula is C21H27N3O2S. The number of nitrogens with zero attached hydrogens (tertiary/aromatic N) is 3. The Morgan fingerprint density at radius 3 is 1.56 bits per heavy atom. The zero-order valence-electron chi connectivity index (χ0n) is 15.6. The van der Waals surface area contributed by atoms with Gasteiger partial charge in [0.2, 0.25) is 0 Å². The molecule has 0 unspecified atom stereocenters. The molecule has 0 saturated carbocycles. The van der Waals surface area contributed by atoms with Crippen molar-refractivity contribution in [3.05, 3.63) is 71.8 Å². The van der Waals surface area contributed by atoms with Gasteiger partial charge in [-0.1, -0.05) is 60.7 Å². The van der Waals surface area contributed by atoms with E-state index in [0.29, 0.717) is 26.2 Å². The lowest BCUT2D eigenvalue weighted by Gasteiger charge is -2.40. The van der Waals surface area contributed by atoms with Crippen molar-refractivity contribution in [1.29, 1.82) is 0 Å². The van der Waals surface area contributed by atoms with Gasteiger partial charge in [0.15, 0.2) is 0 Å². The van der Waals surface area contributed by atoms with Gasteiger partial charge in [0.05, 0.1) is 6.04 Å². The number of benzene rings is 2. The normalized spacial score (nSPS) is 20.3. The van der Waals surface area contributed by atoms with Gasteiger partial charge < -0.3 is 0 Å². The number of piperazine rings is 1. The summed E-state index contributed by atoms with van der Waals surface area (Å²) < 4.78 is 29.0. The summed E-state index contributed by atoms with van der Waals surface area (Å²) in [7, 11) is -3.30. The number of hydrogen-bond donors (Lipinski definition) is 0. The van der Waals surface area contributed by atoms with Crippen molar-refractivity contribution in [3.63, 3.8) is 0 Å². The Hall–Kier alpha value is -1.73. The maximum absolute atomic E-state index is 12.8. The fourth-order valence-corrected chi connectivity index (χ4v) is 5.83. The van der Waals surface area contributed by atoms with E-state index in [4.69, 9.17) is 0 Å². The van der Waals surface area contributed by atoms with Crippen molar-refractivity contribution in [3.8, 4) is 0 Å². The molecule has 4 rings (SSSR count). The molecule has 2 aliphatic heterocycles.